The van der Waals surface area contributed by atoms with Crippen molar-refractivity contribution in [2.75, 3.05) is 36.9 Å². The lowest BCUT2D eigenvalue weighted by Gasteiger charge is -2.23. The van der Waals surface area contributed by atoms with Gasteiger partial charge >= 0.3 is 0 Å². The average Bonchev–Trinajstić information content (AvgIpc) is 2.46. The van der Waals surface area contributed by atoms with Crippen molar-refractivity contribution in [3.8, 4) is 0 Å². The van der Waals surface area contributed by atoms with Gasteiger partial charge in [0.1, 0.15) is 18.0 Å². The van der Waals surface area contributed by atoms with Gasteiger partial charge in [-0.3, -0.25) is 0 Å². The first-order chi connectivity index (χ1) is 9.31. The number of hydrogen-bond acceptors (Lipinski definition) is 5. The third kappa shape index (κ3) is 4.06. The number of hydrogen-bond donors (Lipinski definition) is 2. The molecule has 0 spiro atoms. The highest BCUT2D eigenvalue weighted by Crippen LogP contribution is 2.20. The smallest absolute Gasteiger partial charge is 0.134 e. The van der Waals surface area contributed by atoms with Crippen LogP contribution in [0.25, 0.3) is 0 Å². The maximum Gasteiger partial charge on any atom is 0.134 e. The molecule has 0 bridgehead atoms. The van der Waals surface area contributed by atoms with E-state index in [0.29, 0.717) is 5.92 Å². The molecule has 1 unspecified atom stereocenters. The Hall–Kier alpha value is -1.36. The molecule has 106 valence electrons. The lowest BCUT2D eigenvalue weighted by atomic mass is 10.0. The molecule has 2 heterocycles. The minimum Gasteiger partial charge on any atom is -0.381 e. The number of anilines is 2. The van der Waals surface area contributed by atoms with Crippen molar-refractivity contribution in [2.45, 2.75) is 33.1 Å². The highest BCUT2D eigenvalue weighted by Gasteiger charge is 2.14. The number of nitrogens with zero attached hydrogens (tertiary/aromatic N) is 2. The van der Waals surface area contributed by atoms with E-state index in [1.54, 1.807) is 6.33 Å². The summed E-state index contributed by atoms with van der Waals surface area (Å²) in [7, 11) is 0. The van der Waals surface area contributed by atoms with E-state index in [-0.39, 0.29) is 0 Å². The largest absolute Gasteiger partial charge is 0.381 e. The standard InChI is InChI=1S/C14H24N4O/c1-3-6-15-13-11(2)14(18-10-17-13)16-8-12-5-4-7-19-9-12/h10,12H,3-9H2,1-2H3,(H2,15,16,17,18). The first kappa shape index (κ1) is 14.1. The summed E-state index contributed by atoms with van der Waals surface area (Å²) in [6.07, 6.45) is 5.10. The molecule has 0 aliphatic carbocycles. The van der Waals surface area contributed by atoms with Crippen LogP contribution in [-0.4, -0.2) is 36.3 Å². The van der Waals surface area contributed by atoms with Gasteiger partial charge in [-0.05, 0) is 32.1 Å². The van der Waals surface area contributed by atoms with Crippen LogP contribution in [-0.2, 0) is 4.74 Å². The molecule has 1 aliphatic heterocycles. The maximum absolute atomic E-state index is 5.49. The minimum atomic E-state index is 0.593. The van der Waals surface area contributed by atoms with Gasteiger partial charge in [-0.2, -0.15) is 0 Å². The van der Waals surface area contributed by atoms with Gasteiger partial charge < -0.3 is 15.4 Å². The fourth-order valence-corrected chi connectivity index (χ4v) is 2.26. The topological polar surface area (TPSA) is 59.1 Å². The van der Waals surface area contributed by atoms with E-state index in [2.05, 4.69) is 34.4 Å². The Bertz CT molecular complexity index is 391. The Labute approximate surface area is 115 Å². The fourth-order valence-electron chi connectivity index (χ4n) is 2.26. The quantitative estimate of drug-likeness (QED) is 0.826. The van der Waals surface area contributed by atoms with E-state index in [4.69, 9.17) is 4.74 Å². The number of ether oxygens (including phenoxy) is 1. The highest BCUT2D eigenvalue weighted by atomic mass is 16.5. The first-order valence-corrected chi connectivity index (χ1v) is 7.18. The summed E-state index contributed by atoms with van der Waals surface area (Å²) in [6, 6.07) is 0. The average molecular weight is 264 g/mol. The van der Waals surface area contributed by atoms with Crippen molar-refractivity contribution in [3.05, 3.63) is 11.9 Å². The SMILES string of the molecule is CCCNc1ncnc(NCC2CCCOC2)c1C. The Morgan fingerprint density at radius 2 is 2.11 bits per heavy atom. The molecule has 1 aromatic heterocycles. The van der Waals surface area contributed by atoms with Crippen LogP contribution in [0.3, 0.4) is 0 Å². The molecule has 5 heteroatoms. The van der Waals surface area contributed by atoms with Crippen LogP contribution in [0.4, 0.5) is 11.6 Å². The summed E-state index contributed by atoms with van der Waals surface area (Å²) in [5.74, 6) is 2.45. The molecule has 0 aromatic carbocycles. The van der Waals surface area contributed by atoms with Gasteiger partial charge in [-0.1, -0.05) is 6.92 Å². The number of nitrogens with one attached hydrogen (secondary N) is 2. The van der Waals surface area contributed by atoms with Gasteiger partial charge in [-0.15, -0.1) is 0 Å². The van der Waals surface area contributed by atoms with Crippen molar-refractivity contribution in [1.29, 1.82) is 0 Å². The fraction of sp³-hybridized carbons (Fsp3) is 0.714. The summed E-state index contributed by atoms with van der Waals surface area (Å²) in [5, 5.41) is 6.75. The van der Waals surface area contributed by atoms with E-state index in [1.165, 1.54) is 12.8 Å². The van der Waals surface area contributed by atoms with Gasteiger partial charge in [0.15, 0.2) is 0 Å². The molecule has 2 N–H and O–H groups in total. The van der Waals surface area contributed by atoms with Crippen LogP contribution < -0.4 is 10.6 Å². The lowest BCUT2D eigenvalue weighted by Crippen LogP contribution is -2.25. The van der Waals surface area contributed by atoms with Crippen molar-refractivity contribution in [3.63, 3.8) is 0 Å². The van der Waals surface area contributed by atoms with E-state index < -0.39 is 0 Å². The summed E-state index contributed by atoms with van der Waals surface area (Å²) in [6.45, 7) is 7.83. The molecule has 2 rings (SSSR count). The van der Waals surface area contributed by atoms with Crippen LogP contribution in [0.1, 0.15) is 31.7 Å². The van der Waals surface area contributed by atoms with E-state index >= 15 is 0 Å². The Kier molecular flexibility index (Phi) is 5.39. The number of rotatable bonds is 6. The molecular weight excluding hydrogens is 240 g/mol. The second-order valence-corrected chi connectivity index (χ2v) is 5.09. The third-order valence-corrected chi connectivity index (χ3v) is 3.44. The summed E-state index contributed by atoms with van der Waals surface area (Å²) in [5.41, 5.74) is 1.09. The Morgan fingerprint density at radius 3 is 2.79 bits per heavy atom. The van der Waals surface area contributed by atoms with E-state index in [1.807, 2.05) is 0 Å². The molecule has 0 amide bonds. The lowest BCUT2D eigenvalue weighted by molar-refractivity contribution is 0.0595. The van der Waals surface area contributed by atoms with Crippen LogP contribution in [0.15, 0.2) is 6.33 Å². The molecule has 0 radical (unpaired) electrons. The van der Waals surface area contributed by atoms with Gasteiger partial charge in [0.25, 0.3) is 0 Å². The van der Waals surface area contributed by atoms with Crippen LogP contribution >= 0.6 is 0 Å². The van der Waals surface area contributed by atoms with Crippen molar-refractivity contribution in [1.82, 2.24) is 9.97 Å². The molecular formula is C14H24N4O. The van der Waals surface area contributed by atoms with Crippen LogP contribution in [0.2, 0.25) is 0 Å². The third-order valence-electron chi connectivity index (χ3n) is 3.44. The monoisotopic (exact) mass is 264 g/mol. The predicted octanol–water partition coefficient (Wildman–Crippen LogP) is 2.45. The predicted molar refractivity (Wildman–Crippen MR) is 77.6 cm³/mol. The molecule has 1 saturated heterocycles. The van der Waals surface area contributed by atoms with Gasteiger partial charge in [0, 0.05) is 25.3 Å². The first-order valence-electron chi connectivity index (χ1n) is 7.18. The maximum atomic E-state index is 5.49. The summed E-state index contributed by atoms with van der Waals surface area (Å²) in [4.78, 5) is 8.61. The van der Waals surface area contributed by atoms with E-state index in [9.17, 15) is 0 Å². The molecule has 19 heavy (non-hydrogen) atoms. The highest BCUT2D eigenvalue weighted by molar-refractivity contribution is 5.56. The van der Waals surface area contributed by atoms with Gasteiger partial charge in [0.2, 0.25) is 0 Å². The van der Waals surface area contributed by atoms with E-state index in [0.717, 1.165) is 49.9 Å². The van der Waals surface area contributed by atoms with Crippen molar-refractivity contribution < 1.29 is 4.74 Å². The zero-order valence-electron chi connectivity index (χ0n) is 11.9. The number of aromatic nitrogens is 2. The molecule has 5 nitrogen and oxygen atoms in total. The molecule has 1 aliphatic rings. The Morgan fingerprint density at radius 1 is 1.32 bits per heavy atom. The second-order valence-electron chi connectivity index (χ2n) is 5.09. The van der Waals surface area contributed by atoms with Gasteiger partial charge in [0.05, 0.1) is 6.61 Å². The van der Waals surface area contributed by atoms with Gasteiger partial charge in [-0.25, -0.2) is 9.97 Å². The zero-order valence-corrected chi connectivity index (χ0v) is 11.9. The minimum absolute atomic E-state index is 0.593. The second kappa shape index (κ2) is 7.28. The molecule has 1 fully saturated rings. The summed E-state index contributed by atoms with van der Waals surface area (Å²) < 4.78 is 5.49. The van der Waals surface area contributed by atoms with Crippen molar-refractivity contribution >= 4 is 11.6 Å². The van der Waals surface area contributed by atoms with Crippen LogP contribution in [0.5, 0.6) is 0 Å². The van der Waals surface area contributed by atoms with Crippen LogP contribution in [0, 0.1) is 12.8 Å². The summed E-state index contributed by atoms with van der Waals surface area (Å²) >= 11 is 0. The van der Waals surface area contributed by atoms with Crippen molar-refractivity contribution in [2.24, 2.45) is 5.92 Å². The molecule has 1 atom stereocenters. The Balaban J connectivity index is 1.91. The molecule has 0 saturated carbocycles. The molecule has 1 aromatic rings. The normalized spacial score (nSPS) is 19.2. The zero-order chi connectivity index (χ0) is 13.5.